The summed E-state index contributed by atoms with van der Waals surface area (Å²) in [5.41, 5.74) is 0.252. The van der Waals surface area contributed by atoms with Gasteiger partial charge in [0.2, 0.25) is 0 Å². The molecule has 0 bridgehead atoms. The van der Waals surface area contributed by atoms with Gasteiger partial charge in [-0.3, -0.25) is 4.79 Å². The first-order chi connectivity index (χ1) is 11.1. The van der Waals surface area contributed by atoms with Gasteiger partial charge in [0, 0.05) is 19.5 Å². The number of carboxylic acids is 1. The monoisotopic (exact) mass is 351 g/mol. The van der Waals surface area contributed by atoms with Gasteiger partial charge in [0.05, 0.1) is 0 Å². The molecule has 2 N–H and O–H groups in total. The van der Waals surface area contributed by atoms with E-state index in [1.807, 2.05) is 6.92 Å². The largest absolute Gasteiger partial charge is 0.490 e. The van der Waals surface area contributed by atoms with Crippen molar-refractivity contribution in [2.24, 2.45) is 0 Å². The van der Waals surface area contributed by atoms with Crippen LogP contribution in [0.3, 0.4) is 0 Å². The van der Waals surface area contributed by atoms with Crippen LogP contribution in [0.1, 0.15) is 25.3 Å². The number of hydrogen-bond donors (Lipinski definition) is 2. The number of halogens is 4. The van der Waals surface area contributed by atoms with E-state index in [2.05, 4.69) is 5.32 Å². The molecule has 0 spiro atoms. The molecule has 0 amide bonds. The number of carbonyl (C=O) groups excluding carboxylic acids is 1. The van der Waals surface area contributed by atoms with Crippen molar-refractivity contribution in [1.82, 2.24) is 5.32 Å². The minimum absolute atomic E-state index is 0.196. The normalized spacial score (nSPS) is 15.5. The molecule has 5 nitrogen and oxygen atoms in total. The quantitative estimate of drug-likeness (QED) is 0.644. The van der Waals surface area contributed by atoms with E-state index in [-0.39, 0.29) is 11.8 Å². The molecule has 134 valence electrons. The highest BCUT2D eigenvalue weighted by atomic mass is 19.4. The lowest BCUT2D eigenvalue weighted by Crippen LogP contribution is -2.59. The van der Waals surface area contributed by atoms with Gasteiger partial charge >= 0.3 is 18.1 Å². The average Bonchev–Trinajstić information content (AvgIpc) is 2.44. The zero-order valence-corrected chi connectivity index (χ0v) is 12.8. The smallest absolute Gasteiger partial charge is 0.475 e. The van der Waals surface area contributed by atoms with Gasteiger partial charge in [-0.1, -0.05) is 19.1 Å². The number of alkyl halides is 3. The summed E-state index contributed by atoms with van der Waals surface area (Å²) in [7, 11) is 0. The van der Waals surface area contributed by atoms with Gasteiger partial charge in [-0.2, -0.15) is 13.2 Å². The molecule has 1 aliphatic rings. The summed E-state index contributed by atoms with van der Waals surface area (Å²) in [5.74, 6) is -3.23. The summed E-state index contributed by atoms with van der Waals surface area (Å²) in [4.78, 5) is 20.5. The standard InChI is InChI=1S/C13H16FNO2.C2HF3O2/c1-2-3-12(16)17-13(8-15-9-13)10-4-6-11(14)7-5-10;3-2(4,5)1(6)7/h4-7,15H,2-3,8-9H2,1H3;(H,6,7). The van der Waals surface area contributed by atoms with Crippen molar-refractivity contribution in [3.63, 3.8) is 0 Å². The van der Waals surface area contributed by atoms with E-state index in [9.17, 15) is 22.4 Å². The molecule has 9 heteroatoms. The van der Waals surface area contributed by atoms with E-state index >= 15 is 0 Å². The Bertz CT molecular complexity index is 568. The van der Waals surface area contributed by atoms with E-state index in [0.717, 1.165) is 12.0 Å². The zero-order chi connectivity index (χ0) is 18.4. The van der Waals surface area contributed by atoms with Crippen molar-refractivity contribution in [3.8, 4) is 0 Å². The fourth-order valence-electron chi connectivity index (χ4n) is 1.91. The number of esters is 1. The summed E-state index contributed by atoms with van der Waals surface area (Å²) in [6.07, 6.45) is -3.89. The number of carbonyl (C=O) groups is 2. The third-order valence-electron chi connectivity index (χ3n) is 3.20. The molecular formula is C15H17F4NO4. The minimum atomic E-state index is -5.08. The van der Waals surface area contributed by atoms with Crippen LogP contribution >= 0.6 is 0 Å². The average molecular weight is 351 g/mol. The second kappa shape index (κ2) is 8.09. The Morgan fingerprint density at radius 1 is 1.25 bits per heavy atom. The van der Waals surface area contributed by atoms with Crippen LogP contribution in [-0.2, 0) is 19.9 Å². The summed E-state index contributed by atoms with van der Waals surface area (Å²) in [6, 6.07) is 6.14. The first-order valence-electron chi connectivity index (χ1n) is 7.09. The highest BCUT2D eigenvalue weighted by Crippen LogP contribution is 2.30. The van der Waals surface area contributed by atoms with Crippen molar-refractivity contribution in [1.29, 1.82) is 0 Å². The Hall–Kier alpha value is -2.16. The van der Waals surface area contributed by atoms with Crippen LogP contribution in [0, 0.1) is 5.82 Å². The first kappa shape index (κ1) is 19.9. The molecule has 1 aliphatic heterocycles. The predicted octanol–water partition coefficient (Wildman–Crippen LogP) is 2.60. The number of aliphatic carboxylic acids is 1. The summed E-state index contributed by atoms with van der Waals surface area (Å²) in [5, 5.41) is 10.2. The van der Waals surface area contributed by atoms with Crippen molar-refractivity contribution < 1.29 is 37.0 Å². The van der Waals surface area contributed by atoms with Gasteiger partial charge in [0.25, 0.3) is 0 Å². The summed E-state index contributed by atoms with van der Waals surface area (Å²) in [6.45, 7) is 3.12. The Kier molecular flexibility index (Phi) is 6.70. The van der Waals surface area contributed by atoms with Gasteiger partial charge < -0.3 is 15.2 Å². The summed E-state index contributed by atoms with van der Waals surface area (Å²) >= 11 is 0. The van der Waals surface area contributed by atoms with E-state index in [1.165, 1.54) is 12.1 Å². The number of nitrogens with one attached hydrogen (secondary N) is 1. The number of benzene rings is 1. The zero-order valence-electron chi connectivity index (χ0n) is 12.8. The predicted molar refractivity (Wildman–Crippen MR) is 75.6 cm³/mol. The van der Waals surface area contributed by atoms with Crippen LogP contribution in [0.4, 0.5) is 17.6 Å². The number of hydrogen-bond acceptors (Lipinski definition) is 4. The topological polar surface area (TPSA) is 75.6 Å². The minimum Gasteiger partial charge on any atom is -0.475 e. The van der Waals surface area contributed by atoms with Crippen molar-refractivity contribution in [3.05, 3.63) is 35.6 Å². The van der Waals surface area contributed by atoms with Crippen molar-refractivity contribution >= 4 is 11.9 Å². The van der Waals surface area contributed by atoms with Crippen LogP contribution in [-0.4, -0.2) is 36.3 Å². The molecule has 1 aromatic carbocycles. The third-order valence-corrected chi connectivity index (χ3v) is 3.20. The molecule has 0 aromatic heterocycles. The van der Waals surface area contributed by atoms with Crippen LogP contribution in [0.2, 0.25) is 0 Å². The van der Waals surface area contributed by atoms with Gasteiger partial charge in [0.15, 0.2) is 5.60 Å². The van der Waals surface area contributed by atoms with Gasteiger partial charge in [-0.25, -0.2) is 9.18 Å². The number of ether oxygens (including phenoxy) is 1. The Morgan fingerprint density at radius 3 is 2.08 bits per heavy atom. The molecule has 1 heterocycles. The number of carboxylic acid groups (broad SMARTS) is 1. The lowest BCUT2D eigenvalue weighted by atomic mass is 9.88. The number of rotatable bonds is 4. The molecule has 0 radical (unpaired) electrons. The second-order valence-corrected chi connectivity index (χ2v) is 5.13. The molecule has 0 atom stereocenters. The lowest BCUT2D eigenvalue weighted by Gasteiger charge is -2.42. The maximum atomic E-state index is 12.9. The Morgan fingerprint density at radius 2 is 1.75 bits per heavy atom. The lowest BCUT2D eigenvalue weighted by molar-refractivity contribution is -0.192. The van der Waals surface area contributed by atoms with E-state index in [0.29, 0.717) is 19.5 Å². The molecule has 1 fully saturated rings. The SMILES string of the molecule is CCCC(=O)OC1(c2ccc(F)cc2)CNC1.O=C(O)C(F)(F)F. The maximum Gasteiger partial charge on any atom is 0.490 e. The van der Waals surface area contributed by atoms with E-state index < -0.39 is 17.7 Å². The molecule has 24 heavy (non-hydrogen) atoms. The third kappa shape index (κ3) is 5.48. The van der Waals surface area contributed by atoms with Crippen molar-refractivity contribution in [2.75, 3.05) is 13.1 Å². The Labute approximate surface area is 135 Å². The highest BCUT2D eigenvalue weighted by Gasteiger charge is 2.42. The van der Waals surface area contributed by atoms with Gasteiger partial charge in [-0.05, 0) is 24.1 Å². The van der Waals surface area contributed by atoms with Crippen LogP contribution < -0.4 is 5.32 Å². The van der Waals surface area contributed by atoms with E-state index in [1.54, 1.807) is 12.1 Å². The first-order valence-corrected chi connectivity index (χ1v) is 7.09. The molecule has 1 saturated heterocycles. The van der Waals surface area contributed by atoms with Gasteiger partial charge in [-0.15, -0.1) is 0 Å². The molecule has 0 aliphatic carbocycles. The second-order valence-electron chi connectivity index (χ2n) is 5.13. The highest BCUT2D eigenvalue weighted by molar-refractivity contribution is 5.73. The van der Waals surface area contributed by atoms with Crippen LogP contribution in [0.5, 0.6) is 0 Å². The van der Waals surface area contributed by atoms with Crippen LogP contribution in [0.15, 0.2) is 24.3 Å². The maximum absolute atomic E-state index is 12.9. The molecule has 1 aromatic rings. The fourth-order valence-corrected chi connectivity index (χ4v) is 1.91. The summed E-state index contributed by atoms with van der Waals surface area (Å²) < 4.78 is 50.1. The Balaban J connectivity index is 0.000000351. The van der Waals surface area contributed by atoms with Gasteiger partial charge in [0.1, 0.15) is 5.82 Å². The fraction of sp³-hybridized carbons (Fsp3) is 0.467. The molecular weight excluding hydrogens is 334 g/mol. The van der Waals surface area contributed by atoms with Crippen LogP contribution in [0.25, 0.3) is 0 Å². The van der Waals surface area contributed by atoms with Crippen molar-refractivity contribution in [2.45, 2.75) is 31.5 Å². The molecule has 0 unspecified atom stereocenters. The molecule has 0 saturated carbocycles. The molecule has 2 rings (SSSR count). The van der Waals surface area contributed by atoms with E-state index in [4.69, 9.17) is 14.6 Å².